The molecule has 1 saturated carbocycles. The van der Waals surface area contributed by atoms with Crippen molar-refractivity contribution >= 4 is 27.6 Å². The molecule has 1 aliphatic heterocycles. The van der Waals surface area contributed by atoms with Crippen molar-refractivity contribution in [1.29, 1.82) is 0 Å². The van der Waals surface area contributed by atoms with Gasteiger partial charge in [-0.05, 0) is 35.3 Å². The maximum absolute atomic E-state index is 13.2. The van der Waals surface area contributed by atoms with Crippen molar-refractivity contribution in [3.05, 3.63) is 58.1 Å². The smallest absolute Gasteiger partial charge is 0.238 e. The SMILES string of the molecule is CC(C)C1(O)CC(c2ccc(Br)cc2)(N2CC3=CC=CC(=O)C3C2=O)C1. The summed E-state index contributed by atoms with van der Waals surface area (Å²) in [6.07, 6.45) is 6.07. The highest BCUT2D eigenvalue weighted by molar-refractivity contribution is 9.10. The second-order valence-electron chi connectivity index (χ2n) is 8.01. The molecule has 4 nitrogen and oxygen atoms in total. The molecule has 2 aliphatic carbocycles. The Balaban J connectivity index is 1.75. The van der Waals surface area contributed by atoms with Crippen LogP contribution in [0.5, 0.6) is 0 Å². The van der Waals surface area contributed by atoms with Gasteiger partial charge in [-0.15, -0.1) is 0 Å². The minimum absolute atomic E-state index is 0.105. The third kappa shape index (κ3) is 2.44. The van der Waals surface area contributed by atoms with E-state index < -0.39 is 17.1 Å². The molecule has 1 N–H and O–H groups in total. The van der Waals surface area contributed by atoms with E-state index in [1.807, 2.05) is 49.1 Å². The number of ketones is 1. The number of likely N-dealkylation sites (tertiary alicyclic amines) is 1. The van der Waals surface area contributed by atoms with Gasteiger partial charge in [-0.1, -0.05) is 54.1 Å². The number of carbonyl (C=O) groups excluding carboxylic acids is 2. The molecule has 0 spiro atoms. The molecule has 5 heteroatoms. The number of allylic oxidation sites excluding steroid dienone is 3. The van der Waals surface area contributed by atoms with Gasteiger partial charge in [0.2, 0.25) is 5.91 Å². The highest BCUT2D eigenvalue weighted by atomic mass is 79.9. The summed E-state index contributed by atoms with van der Waals surface area (Å²) in [6, 6.07) is 7.94. The molecule has 4 rings (SSSR count). The second kappa shape index (κ2) is 5.89. The molecule has 0 aromatic heterocycles. The molecule has 1 unspecified atom stereocenters. The number of halogens is 1. The first-order valence-electron chi connectivity index (χ1n) is 8.98. The Bertz CT molecular complexity index is 831. The predicted octanol–water partition coefficient (Wildman–Crippen LogP) is 3.35. The first kappa shape index (κ1) is 17.7. The second-order valence-corrected chi connectivity index (χ2v) is 8.93. The van der Waals surface area contributed by atoms with Gasteiger partial charge in [0.25, 0.3) is 0 Å². The van der Waals surface area contributed by atoms with E-state index in [1.165, 1.54) is 6.08 Å². The van der Waals surface area contributed by atoms with Gasteiger partial charge in [-0.2, -0.15) is 0 Å². The van der Waals surface area contributed by atoms with Crippen molar-refractivity contribution in [3.8, 4) is 0 Å². The molecule has 0 radical (unpaired) electrons. The average molecular weight is 416 g/mol. The fraction of sp³-hybridized carbons (Fsp3) is 0.429. The zero-order chi connectivity index (χ0) is 18.7. The Morgan fingerprint density at radius 1 is 1.19 bits per heavy atom. The molecule has 26 heavy (non-hydrogen) atoms. The van der Waals surface area contributed by atoms with Gasteiger partial charge in [0.15, 0.2) is 5.78 Å². The van der Waals surface area contributed by atoms with Crippen LogP contribution in [0, 0.1) is 11.8 Å². The Labute approximate surface area is 161 Å². The van der Waals surface area contributed by atoms with Gasteiger partial charge >= 0.3 is 0 Å². The number of amides is 1. The van der Waals surface area contributed by atoms with Gasteiger partial charge in [0.05, 0.1) is 11.1 Å². The summed E-state index contributed by atoms with van der Waals surface area (Å²) in [4.78, 5) is 27.2. The fourth-order valence-electron chi connectivity index (χ4n) is 4.52. The lowest BCUT2D eigenvalue weighted by molar-refractivity contribution is -0.182. The Hall–Kier alpha value is -1.72. The molecule has 3 aliphatic rings. The molecule has 0 bridgehead atoms. The number of hydrogen-bond acceptors (Lipinski definition) is 3. The fourth-order valence-corrected chi connectivity index (χ4v) is 4.79. The molecular formula is C21H22BrNO3. The quantitative estimate of drug-likeness (QED) is 0.769. The molecule has 1 amide bonds. The number of nitrogens with zero attached hydrogens (tertiary/aromatic N) is 1. The van der Waals surface area contributed by atoms with E-state index in [-0.39, 0.29) is 17.6 Å². The number of benzene rings is 1. The van der Waals surface area contributed by atoms with E-state index in [0.29, 0.717) is 19.4 Å². The molecule has 2 fully saturated rings. The van der Waals surface area contributed by atoms with Crippen LogP contribution in [-0.4, -0.2) is 33.8 Å². The van der Waals surface area contributed by atoms with Crippen LogP contribution in [-0.2, 0) is 15.1 Å². The van der Waals surface area contributed by atoms with E-state index in [1.54, 1.807) is 6.08 Å². The molecule has 1 saturated heterocycles. The minimum Gasteiger partial charge on any atom is -0.389 e. The van der Waals surface area contributed by atoms with Crippen molar-refractivity contribution in [2.45, 2.75) is 37.8 Å². The topological polar surface area (TPSA) is 57.6 Å². The molecular weight excluding hydrogens is 394 g/mol. The van der Waals surface area contributed by atoms with Crippen LogP contribution >= 0.6 is 15.9 Å². The summed E-state index contributed by atoms with van der Waals surface area (Å²) in [5, 5.41) is 11.0. The van der Waals surface area contributed by atoms with Crippen molar-refractivity contribution in [1.82, 2.24) is 4.90 Å². The van der Waals surface area contributed by atoms with Gasteiger partial charge in [-0.25, -0.2) is 0 Å². The van der Waals surface area contributed by atoms with E-state index in [9.17, 15) is 14.7 Å². The molecule has 1 aromatic carbocycles. The average Bonchev–Trinajstić information content (AvgIpc) is 2.91. The first-order valence-corrected chi connectivity index (χ1v) is 9.77. The van der Waals surface area contributed by atoms with Crippen molar-refractivity contribution in [2.24, 2.45) is 11.8 Å². The lowest BCUT2D eigenvalue weighted by Crippen LogP contribution is -2.65. The number of fused-ring (bicyclic) bond motifs is 1. The highest BCUT2D eigenvalue weighted by Crippen LogP contribution is 2.57. The van der Waals surface area contributed by atoms with Crippen LogP contribution in [0.3, 0.4) is 0 Å². The highest BCUT2D eigenvalue weighted by Gasteiger charge is 2.62. The van der Waals surface area contributed by atoms with Crippen LogP contribution in [0.25, 0.3) is 0 Å². The zero-order valence-corrected chi connectivity index (χ0v) is 16.5. The number of rotatable bonds is 3. The molecule has 1 aromatic rings. The summed E-state index contributed by atoms with van der Waals surface area (Å²) in [6.45, 7) is 4.46. The lowest BCUT2D eigenvalue weighted by Gasteiger charge is -2.59. The normalized spacial score (nSPS) is 33.3. The Kier molecular flexibility index (Phi) is 4.01. The first-order chi connectivity index (χ1) is 12.3. The Morgan fingerprint density at radius 3 is 2.42 bits per heavy atom. The van der Waals surface area contributed by atoms with Crippen LogP contribution in [0.1, 0.15) is 32.3 Å². The van der Waals surface area contributed by atoms with Gasteiger partial charge < -0.3 is 10.0 Å². The maximum Gasteiger partial charge on any atom is 0.238 e. The van der Waals surface area contributed by atoms with Crippen LogP contribution in [0.4, 0.5) is 0 Å². The third-order valence-electron chi connectivity index (χ3n) is 6.25. The minimum atomic E-state index is -0.794. The van der Waals surface area contributed by atoms with Crippen LogP contribution in [0.2, 0.25) is 0 Å². The van der Waals surface area contributed by atoms with Gasteiger partial charge in [0.1, 0.15) is 5.92 Å². The monoisotopic (exact) mass is 415 g/mol. The number of carbonyl (C=O) groups is 2. The van der Waals surface area contributed by atoms with Crippen molar-refractivity contribution in [2.75, 3.05) is 6.54 Å². The summed E-state index contributed by atoms with van der Waals surface area (Å²) in [5.74, 6) is -0.854. The molecule has 1 atom stereocenters. The number of aliphatic hydroxyl groups is 1. The molecule has 136 valence electrons. The van der Waals surface area contributed by atoms with Gasteiger partial charge in [0, 0.05) is 23.9 Å². The summed E-state index contributed by atoms with van der Waals surface area (Å²) in [7, 11) is 0. The maximum atomic E-state index is 13.2. The number of hydrogen-bond donors (Lipinski definition) is 1. The van der Waals surface area contributed by atoms with E-state index in [4.69, 9.17) is 0 Å². The van der Waals surface area contributed by atoms with Crippen LogP contribution < -0.4 is 0 Å². The van der Waals surface area contributed by atoms with Crippen LogP contribution in [0.15, 0.2) is 52.5 Å². The third-order valence-corrected chi connectivity index (χ3v) is 6.78. The summed E-state index contributed by atoms with van der Waals surface area (Å²) < 4.78 is 0.971. The van der Waals surface area contributed by atoms with E-state index >= 15 is 0 Å². The largest absolute Gasteiger partial charge is 0.389 e. The molecule has 1 heterocycles. The zero-order valence-electron chi connectivity index (χ0n) is 14.9. The summed E-state index contributed by atoms with van der Waals surface area (Å²) >= 11 is 3.46. The van der Waals surface area contributed by atoms with Crippen molar-refractivity contribution < 1.29 is 14.7 Å². The Morgan fingerprint density at radius 2 is 1.85 bits per heavy atom. The van der Waals surface area contributed by atoms with E-state index in [0.717, 1.165) is 15.6 Å². The van der Waals surface area contributed by atoms with E-state index in [2.05, 4.69) is 15.9 Å². The lowest BCUT2D eigenvalue weighted by atomic mass is 9.57. The van der Waals surface area contributed by atoms with Crippen molar-refractivity contribution in [3.63, 3.8) is 0 Å². The van der Waals surface area contributed by atoms with Gasteiger partial charge in [-0.3, -0.25) is 9.59 Å². The predicted molar refractivity (Wildman–Crippen MR) is 102 cm³/mol. The summed E-state index contributed by atoms with van der Waals surface area (Å²) in [5.41, 5.74) is 0.519. The standard InChI is InChI=1S/C21H22BrNO3/c1-13(2)21(26)11-20(12-21,15-6-8-16(22)9-7-15)23-10-14-4-3-5-17(24)18(14)19(23)25/h3-9,13,18,26H,10-12H2,1-2H3.